The lowest BCUT2D eigenvalue weighted by Crippen LogP contribution is -2.51. The van der Waals surface area contributed by atoms with Gasteiger partial charge in [0.2, 0.25) is 0 Å². The van der Waals surface area contributed by atoms with E-state index in [1.165, 1.54) is 11.3 Å². The largest absolute Gasteiger partial charge is 0.463 e. The Balaban J connectivity index is 1.90. The first-order valence-corrected chi connectivity index (χ1v) is 9.38. The molecule has 8 heteroatoms. The molecule has 1 aromatic heterocycles. The minimum absolute atomic E-state index is 0.282. The van der Waals surface area contributed by atoms with E-state index in [0.29, 0.717) is 24.4 Å². The number of nitrogens with one attached hydrogen (secondary N) is 2. The summed E-state index contributed by atoms with van der Waals surface area (Å²) in [5.74, 6) is -0.377. The fourth-order valence-electron chi connectivity index (χ4n) is 3.09. The van der Waals surface area contributed by atoms with Crippen molar-refractivity contribution in [3.63, 3.8) is 0 Å². The van der Waals surface area contributed by atoms with Crippen molar-refractivity contribution in [3.05, 3.63) is 33.7 Å². The number of carbonyl (C=O) groups excluding carboxylic acids is 2. The Kier molecular flexibility index (Phi) is 5.72. The molecule has 1 fully saturated rings. The van der Waals surface area contributed by atoms with Crippen molar-refractivity contribution in [1.29, 1.82) is 0 Å². The molecule has 2 N–H and O–H groups in total. The van der Waals surface area contributed by atoms with Gasteiger partial charge in [0, 0.05) is 43.3 Å². The Hall–Kier alpha value is -1.90. The summed E-state index contributed by atoms with van der Waals surface area (Å²) in [4.78, 5) is 30.2. The summed E-state index contributed by atoms with van der Waals surface area (Å²) in [5.41, 5.74) is 1.15. The van der Waals surface area contributed by atoms with E-state index in [-0.39, 0.29) is 12.0 Å². The maximum absolute atomic E-state index is 12.6. The SMILES string of the molecule is CCOC(=O)C1=C(CN2CCN(C)CC2)NC(=O)N[C@@H]1c1cccs1. The van der Waals surface area contributed by atoms with Crippen molar-refractivity contribution in [3.8, 4) is 0 Å². The lowest BCUT2D eigenvalue weighted by molar-refractivity contribution is -0.139. The van der Waals surface area contributed by atoms with E-state index < -0.39 is 6.04 Å². The number of esters is 1. The molecule has 2 aliphatic rings. The Morgan fingerprint density at radius 3 is 2.76 bits per heavy atom. The number of piperazine rings is 1. The Labute approximate surface area is 151 Å². The summed E-state index contributed by atoms with van der Waals surface area (Å²) >= 11 is 1.51. The number of nitrogens with zero attached hydrogens (tertiary/aromatic N) is 2. The zero-order chi connectivity index (χ0) is 17.8. The van der Waals surface area contributed by atoms with Gasteiger partial charge in [-0.1, -0.05) is 6.07 Å². The van der Waals surface area contributed by atoms with Crippen LogP contribution in [-0.2, 0) is 9.53 Å². The van der Waals surface area contributed by atoms with Crippen molar-refractivity contribution in [2.45, 2.75) is 13.0 Å². The van der Waals surface area contributed by atoms with Crippen molar-refractivity contribution < 1.29 is 14.3 Å². The summed E-state index contributed by atoms with van der Waals surface area (Å²) in [6.45, 7) is 6.39. The molecule has 0 radical (unpaired) electrons. The smallest absolute Gasteiger partial charge is 0.338 e. The maximum Gasteiger partial charge on any atom is 0.338 e. The van der Waals surface area contributed by atoms with Gasteiger partial charge in [-0.05, 0) is 25.4 Å². The molecule has 2 amide bonds. The molecule has 7 nitrogen and oxygen atoms in total. The molecule has 1 atom stereocenters. The molecule has 0 bridgehead atoms. The van der Waals surface area contributed by atoms with Crippen LogP contribution in [0, 0.1) is 0 Å². The lowest BCUT2D eigenvalue weighted by atomic mass is 10.0. The number of hydrogen-bond donors (Lipinski definition) is 2. The maximum atomic E-state index is 12.6. The molecule has 0 unspecified atom stereocenters. The quantitative estimate of drug-likeness (QED) is 0.767. The summed E-state index contributed by atoms with van der Waals surface area (Å²) in [5, 5.41) is 7.63. The number of likely N-dealkylation sites (N-methyl/N-ethyl adjacent to an activating group) is 1. The molecule has 1 aromatic rings. The van der Waals surface area contributed by atoms with Gasteiger partial charge in [-0.15, -0.1) is 11.3 Å². The molecule has 0 spiro atoms. The first kappa shape index (κ1) is 17.9. The predicted octanol–water partition coefficient (Wildman–Crippen LogP) is 1.17. The summed E-state index contributed by atoms with van der Waals surface area (Å²) in [6.07, 6.45) is 0. The van der Waals surface area contributed by atoms with Crippen molar-refractivity contribution >= 4 is 23.3 Å². The third-order valence-corrected chi connectivity index (χ3v) is 5.39. The van der Waals surface area contributed by atoms with E-state index in [2.05, 4.69) is 27.5 Å². The molecule has 3 heterocycles. The lowest BCUT2D eigenvalue weighted by Gasteiger charge is -2.35. The van der Waals surface area contributed by atoms with E-state index in [9.17, 15) is 9.59 Å². The van der Waals surface area contributed by atoms with Crippen LogP contribution in [0.5, 0.6) is 0 Å². The molecule has 2 aliphatic heterocycles. The zero-order valence-electron chi connectivity index (χ0n) is 14.6. The van der Waals surface area contributed by atoms with Gasteiger partial charge in [0.05, 0.1) is 18.2 Å². The van der Waals surface area contributed by atoms with Gasteiger partial charge in [0.1, 0.15) is 0 Å². The van der Waals surface area contributed by atoms with Gasteiger partial charge in [0.15, 0.2) is 0 Å². The summed E-state index contributed by atoms with van der Waals surface area (Å²) in [7, 11) is 2.10. The van der Waals surface area contributed by atoms with Gasteiger partial charge in [-0.25, -0.2) is 9.59 Å². The molecule has 0 aliphatic carbocycles. The van der Waals surface area contributed by atoms with Gasteiger partial charge >= 0.3 is 12.0 Å². The monoisotopic (exact) mass is 364 g/mol. The zero-order valence-corrected chi connectivity index (χ0v) is 15.4. The molecule has 25 heavy (non-hydrogen) atoms. The van der Waals surface area contributed by atoms with Crippen LogP contribution < -0.4 is 10.6 Å². The fourth-order valence-corrected chi connectivity index (χ4v) is 3.88. The predicted molar refractivity (Wildman–Crippen MR) is 96.3 cm³/mol. The molecule has 136 valence electrons. The fraction of sp³-hybridized carbons (Fsp3) is 0.529. The summed E-state index contributed by atoms with van der Waals surface area (Å²) in [6, 6.07) is 3.09. The van der Waals surface area contributed by atoms with Gasteiger partial charge in [-0.3, -0.25) is 4.90 Å². The van der Waals surface area contributed by atoms with Crippen LogP contribution in [0.2, 0.25) is 0 Å². The van der Waals surface area contributed by atoms with E-state index in [1.807, 2.05) is 17.5 Å². The normalized spacial score (nSPS) is 22.5. The Morgan fingerprint density at radius 2 is 2.12 bits per heavy atom. The van der Waals surface area contributed by atoms with E-state index in [1.54, 1.807) is 6.92 Å². The Morgan fingerprint density at radius 1 is 1.36 bits per heavy atom. The van der Waals surface area contributed by atoms with Crippen LogP contribution in [0.15, 0.2) is 28.8 Å². The first-order valence-electron chi connectivity index (χ1n) is 8.50. The first-order chi connectivity index (χ1) is 12.1. The van der Waals surface area contributed by atoms with Crippen LogP contribution in [-0.4, -0.2) is 68.2 Å². The van der Waals surface area contributed by atoms with E-state index in [4.69, 9.17) is 4.74 Å². The number of ether oxygens (including phenoxy) is 1. The minimum atomic E-state index is -0.463. The highest BCUT2D eigenvalue weighted by Crippen LogP contribution is 2.31. The number of amides is 2. The Bertz CT molecular complexity index is 651. The topological polar surface area (TPSA) is 73.9 Å². The number of rotatable bonds is 5. The van der Waals surface area contributed by atoms with Crippen LogP contribution in [0.3, 0.4) is 0 Å². The third-order valence-electron chi connectivity index (χ3n) is 4.45. The molecular weight excluding hydrogens is 340 g/mol. The van der Waals surface area contributed by atoms with Crippen molar-refractivity contribution in [2.24, 2.45) is 0 Å². The number of hydrogen-bond acceptors (Lipinski definition) is 6. The van der Waals surface area contributed by atoms with Crippen molar-refractivity contribution in [2.75, 3.05) is 46.4 Å². The van der Waals surface area contributed by atoms with Gasteiger partial charge in [-0.2, -0.15) is 0 Å². The average Bonchev–Trinajstić information content (AvgIpc) is 3.11. The summed E-state index contributed by atoms with van der Waals surface area (Å²) < 4.78 is 5.27. The van der Waals surface area contributed by atoms with Crippen LogP contribution in [0.1, 0.15) is 17.8 Å². The second kappa shape index (κ2) is 7.99. The van der Waals surface area contributed by atoms with Crippen molar-refractivity contribution in [1.82, 2.24) is 20.4 Å². The average molecular weight is 364 g/mol. The van der Waals surface area contributed by atoms with E-state index in [0.717, 1.165) is 31.1 Å². The highest BCUT2D eigenvalue weighted by atomic mass is 32.1. The molecular formula is C17H24N4O3S. The standard InChI is InChI=1S/C17H24N4O3S/c1-3-24-16(22)14-12(11-21-8-6-20(2)7-9-21)18-17(23)19-15(14)13-5-4-10-25-13/h4-5,10,15H,3,6-9,11H2,1-2H3,(H2,18,19,23)/t15-/m1/s1. The molecule has 0 saturated carbocycles. The van der Waals surface area contributed by atoms with Crippen LogP contribution in [0.25, 0.3) is 0 Å². The third kappa shape index (κ3) is 4.20. The number of carbonyl (C=O) groups is 2. The van der Waals surface area contributed by atoms with Gasteiger partial charge < -0.3 is 20.3 Å². The number of thiophene rings is 1. The highest BCUT2D eigenvalue weighted by Gasteiger charge is 2.35. The highest BCUT2D eigenvalue weighted by molar-refractivity contribution is 7.10. The van der Waals surface area contributed by atoms with Crippen LogP contribution in [0.4, 0.5) is 4.79 Å². The van der Waals surface area contributed by atoms with Gasteiger partial charge in [0.25, 0.3) is 0 Å². The van der Waals surface area contributed by atoms with Crippen LogP contribution >= 0.6 is 11.3 Å². The second-order valence-corrected chi connectivity index (χ2v) is 7.22. The minimum Gasteiger partial charge on any atom is -0.463 e. The number of urea groups is 1. The molecule has 0 aromatic carbocycles. The van der Waals surface area contributed by atoms with E-state index >= 15 is 0 Å². The molecule has 1 saturated heterocycles. The molecule has 3 rings (SSSR count). The second-order valence-electron chi connectivity index (χ2n) is 6.24.